The van der Waals surface area contributed by atoms with Crippen molar-refractivity contribution in [3.8, 4) is 5.75 Å². The Labute approximate surface area is 179 Å². The van der Waals surface area contributed by atoms with Gasteiger partial charge < -0.3 is 15.2 Å². The lowest BCUT2D eigenvalue weighted by molar-refractivity contribution is -0.131. The summed E-state index contributed by atoms with van der Waals surface area (Å²) < 4.78 is 7.26. The number of aromatic hydroxyl groups is 1. The number of carbonyl (C=O) groups is 1. The predicted molar refractivity (Wildman–Crippen MR) is 114 cm³/mol. The second-order valence-corrected chi connectivity index (χ2v) is 9.33. The van der Waals surface area contributed by atoms with Crippen LogP contribution in [0.4, 0.5) is 0 Å². The van der Waals surface area contributed by atoms with Crippen LogP contribution in [-0.4, -0.2) is 16.6 Å². The predicted octanol–water partition coefficient (Wildman–Crippen LogP) is 5.93. The minimum Gasteiger partial charge on any atom is -0.508 e. The number of phenols is 1. The Morgan fingerprint density at radius 1 is 1.21 bits per heavy atom. The Kier molecular flexibility index (Phi) is 6.37. The van der Waals surface area contributed by atoms with Crippen LogP contribution in [0.1, 0.15) is 56.9 Å². The molecule has 2 N–H and O–H groups in total. The first-order chi connectivity index (χ1) is 13.2. The number of amides is 1. The molecule has 150 valence electrons. The minimum absolute atomic E-state index is 0.0106. The number of benzene rings is 2. The first-order valence-electron chi connectivity index (χ1n) is 9.38. The highest BCUT2D eigenvalue weighted by atomic mass is 79.9. The highest BCUT2D eigenvalue weighted by molar-refractivity contribution is 9.10. The lowest BCUT2D eigenvalue weighted by Gasteiger charge is -2.43. The van der Waals surface area contributed by atoms with Gasteiger partial charge >= 0.3 is 0 Å². The maximum Gasteiger partial charge on any atom is 0.222 e. The van der Waals surface area contributed by atoms with E-state index in [0.717, 1.165) is 10.0 Å². The van der Waals surface area contributed by atoms with Crippen LogP contribution in [0.15, 0.2) is 46.9 Å². The summed E-state index contributed by atoms with van der Waals surface area (Å²) in [7, 11) is 0. The molecule has 6 heteroatoms. The Balaban J connectivity index is 1.96. The third-order valence-electron chi connectivity index (χ3n) is 5.13. The molecule has 2 aromatic rings. The summed E-state index contributed by atoms with van der Waals surface area (Å²) in [4.78, 5) is 12.4. The van der Waals surface area contributed by atoms with E-state index in [-0.39, 0.29) is 29.8 Å². The zero-order valence-corrected chi connectivity index (χ0v) is 18.5. The van der Waals surface area contributed by atoms with Gasteiger partial charge in [0, 0.05) is 39.4 Å². The molecule has 3 atom stereocenters. The summed E-state index contributed by atoms with van der Waals surface area (Å²) in [5.41, 5.74) is 1.23. The summed E-state index contributed by atoms with van der Waals surface area (Å²) in [5.74, 6) is 0.0883. The average molecular weight is 467 g/mol. The Bertz CT molecular complexity index is 855. The Hall–Kier alpha value is -1.56. The highest BCUT2D eigenvalue weighted by Gasteiger charge is 2.41. The molecule has 3 rings (SSSR count). The van der Waals surface area contributed by atoms with Gasteiger partial charge in [0.25, 0.3) is 0 Å². The van der Waals surface area contributed by atoms with Crippen molar-refractivity contribution in [1.82, 2.24) is 5.32 Å². The first-order valence-corrected chi connectivity index (χ1v) is 10.6. The maximum atomic E-state index is 12.4. The number of nitrogens with one attached hydrogen (secondary N) is 1. The molecule has 0 bridgehead atoms. The normalized spacial score (nSPS) is 24.9. The smallest absolute Gasteiger partial charge is 0.222 e. The van der Waals surface area contributed by atoms with E-state index in [1.165, 1.54) is 0 Å². The van der Waals surface area contributed by atoms with Crippen LogP contribution in [0.3, 0.4) is 0 Å². The number of hydrogen-bond donors (Lipinski definition) is 2. The molecule has 4 nitrogen and oxygen atoms in total. The van der Waals surface area contributed by atoms with Crippen molar-refractivity contribution in [2.45, 2.75) is 51.4 Å². The van der Waals surface area contributed by atoms with Gasteiger partial charge in [-0.3, -0.25) is 4.79 Å². The van der Waals surface area contributed by atoms with Crippen molar-refractivity contribution in [1.29, 1.82) is 0 Å². The van der Waals surface area contributed by atoms with E-state index in [0.29, 0.717) is 23.4 Å². The zero-order valence-electron chi connectivity index (χ0n) is 16.2. The zero-order chi connectivity index (χ0) is 20.5. The van der Waals surface area contributed by atoms with E-state index in [1.54, 1.807) is 12.1 Å². The number of phenolic OH excluding ortho intramolecular Hbond substituents is 1. The van der Waals surface area contributed by atoms with Crippen LogP contribution >= 0.6 is 27.5 Å². The molecule has 1 saturated heterocycles. The summed E-state index contributed by atoms with van der Waals surface area (Å²) >= 11 is 9.50. The third-order valence-corrected chi connectivity index (χ3v) is 5.87. The van der Waals surface area contributed by atoms with E-state index in [2.05, 4.69) is 21.2 Å². The number of carbonyl (C=O) groups excluding carboxylic acids is 1. The van der Waals surface area contributed by atoms with Gasteiger partial charge in [0.2, 0.25) is 5.91 Å². The lowest BCUT2D eigenvalue weighted by atomic mass is 9.81. The highest BCUT2D eigenvalue weighted by Crippen LogP contribution is 2.46. The van der Waals surface area contributed by atoms with Gasteiger partial charge in [-0.1, -0.05) is 53.5 Å². The average Bonchev–Trinajstić information content (AvgIpc) is 2.63. The Morgan fingerprint density at radius 3 is 2.50 bits per heavy atom. The van der Waals surface area contributed by atoms with Crippen LogP contribution in [0.2, 0.25) is 5.02 Å². The summed E-state index contributed by atoms with van der Waals surface area (Å²) in [6.45, 7) is 5.80. The topological polar surface area (TPSA) is 58.6 Å². The van der Waals surface area contributed by atoms with Gasteiger partial charge in [-0.2, -0.15) is 0 Å². The summed E-state index contributed by atoms with van der Waals surface area (Å²) in [6, 6.07) is 12.9. The molecular weight excluding hydrogens is 442 g/mol. The van der Waals surface area contributed by atoms with Gasteiger partial charge in [0.1, 0.15) is 5.75 Å². The van der Waals surface area contributed by atoms with E-state index in [4.69, 9.17) is 16.3 Å². The molecule has 1 amide bonds. The molecule has 1 heterocycles. The molecule has 1 aliphatic rings. The summed E-state index contributed by atoms with van der Waals surface area (Å²) in [5, 5.41) is 14.3. The van der Waals surface area contributed by atoms with Crippen molar-refractivity contribution in [2.24, 2.45) is 5.92 Å². The second-order valence-electron chi connectivity index (χ2n) is 7.98. The molecular formula is C22H25BrClNO3. The molecule has 2 aromatic carbocycles. The number of halogens is 2. The molecule has 1 fully saturated rings. The number of ether oxygens (including phenoxy) is 1. The van der Waals surface area contributed by atoms with Crippen molar-refractivity contribution < 1.29 is 14.6 Å². The van der Waals surface area contributed by atoms with Crippen LogP contribution in [0.25, 0.3) is 0 Å². The SMILES string of the molecule is CC(C)C(=O)N[C@]1(C)C[C@@H](c2ccc(Cl)cc2)O[C@@H](c2cc(Br)ccc2O)C1. The minimum atomic E-state index is -0.469. The van der Waals surface area contributed by atoms with Crippen molar-refractivity contribution in [3.63, 3.8) is 0 Å². The van der Waals surface area contributed by atoms with Crippen LogP contribution < -0.4 is 5.32 Å². The van der Waals surface area contributed by atoms with Crippen molar-refractivity contribution >= 4 is 33.4 Å². The Morgan fingerprint density at radius 2 is 1.86 bits per heavy atom. The van der Waals surface area contributed by atoms with Gasteiger partial charge in [-0.15, -0.1) is 0 Å². The fourth-order valence-electron chi connectivity index (χ4n) is 3.58. The molecule has 0 spiro atoms. The molecule has 0 aromatic heterocycles. The van der Waals surface area contributed by atoms with E-state index >= 15 is 0 Å². The van der Waals surface area contributed by atoms with Crippen LogP contribution in [0, 0.1) is 5.92 Å². The quantitative estimate of drug-likeness (QED) is 0.587. The van der Waals surface area contributed by atoms with Crippen molar-refractivity contribution in [3.05, 3.63) is 63.1 Å². The second kappa shape index (κ2) is 8.44. The van der Waals surface area contributed by atoms with Gasteiger partial charge in [-0.05, 0) is 42.8 Å². The lowest BCUT2D eigenvalue weighted by Crippen LogP contribution is -2.52. The van der Waals surface area contributed by atoms with Gasteiger partial charge in [-0.25, -0.2) is 0 Å². The molecule has 0 saturated carbocycles. The summed E-state index contributed by atoms with van der Waals surface area (Å²) in [6.07, 6.45) is 0.619. The van der Waals surface area contributed by atoms with Gasteiger partial charge in [0.05, 0.1) is 12.2 Å². The number of hydrogen-bond acceptors (Lipinski definition) is 3. The standard InChI is InChI=1S/C22H25BrClNO3/c1-13(2)21(27)25-22(3)11-19(14-4-7-16(24)8-5-14)28-20(12-22)17-10-15(23)6-9-18(17)26/h4-10,13,19-20,26H,11-12H2,1-3H3,(H,25,27)/t19-,20+,22+/m0/s1. The van der Waals surface area contributed by atoms with Crippen LogP contribution in [-0.2, 0) is 9.53 Å². The van der Waals surface area contributed by atoms with Crippen LogP contribution in [0.5, 0.6) is 5.75 Å². The monoisotopic (exact) mass is 465 g/mol. The fourth-order valence-corrected chi connectivity index (χ4v) is 4.09. The number of rotatable bonds is 4. The fraction of sp³-hybridized carbons (Fsp3) is 0.409. The maximum absolute atomic E-state index is 12.4. The van der Waals surface area contributed by atoms with Crippen molar-refractivity contribution in [2.75, 3.05) is 0 Å². The molecule has 0 aliphatic carbocycles. The molecule has 0 radical (unpaired) electrons. The van der Waals surface area contributed by atoms with E-state index in [9.17, 15) is 9.90 Å². The molecule has 1 aliphatic heterocycles. The van der Waals surface area contributed by atoms with Gasteiger partial charge in [0.15, 0.2) is 0 Å². The largest absolute Gasteiger partial charge is 0.508 e. The van der Waals surface area contributed by atoms with E-state index in [1.807, 2.05) is 51.1 Å². The molecule has 0 unspecified atom stereocenters. The third kappa shape index (κ3) is 4.88. The molecule has 28 heavy (non-hydrogen) atoms. The first kappa shape index (κ1) is 21.2. The van der Waals surface area contributed by atoms with E-state index < -0.39 is 5.54 Å².